The van der Waals surface area contributed by atoms with E-state index in [2.05, 4.69) is 50.0 Å². The van der Waals surface area contributed by atoms with Gasteiger partial charge >= 0.3 is 0 Å². The molecular weight excluding hydrogens is 238 g/mol. The summed E-state index contributed by atoms with van der Waals surface area (Å²) in [5.74, 6) is 0.702. The molecule has 2 rings (SSSR count). The number of aromatic nitrogens is 1. The number of oxazole rings is 1. The SMILES string of the molecule is Cc1nc2cc(C(CC(C)(C)N)N(C)C)ccc2o1. The van der Waals surface area contributed by atoms with Crippen LogP contribution in [-0.4, -0.2) is 29.5 Å². The minimum Gasteiger partial charge on any atom is -0.441 e. The summed E-state index contributed by atoms with van der Waals surface area (Å²) in [6.07, 6.45) is 0.891. The van der Waals surface area contributed by atoms with E-state index in [1.54, 1.807) is 0 Å². The molecule has 1 atom stereocenters. The first kappa shape index (κ1) is 14.0. The zero-order valence-corrected chi connectivity index (χ0v) is 12.4. The lowest BCUT2D eigenvalue weighted by Crippen LogP contribution is -2.37. The Kier molecular flexibility index (Phi) is 3.65. The van der Waals surface area contributed by atoms with E-state index in [0.717, 1.165) is 17.5 Å². The van der Waals surface area contributed by atoms with Crippen LogP contribution in [0, 0.1) is 6.92 Å². The molecular formula is C15H23N3O. The first-order valence-corrected chi connectivity index (χ1v) is 6.59. The Hall–Kier alpha value is -1.39. The molecule has 2 N–H and O–H groups in total. The topological polar surface area (TPSA) is 55.3 Å². The first-order chi connectivity index (χ1) is 8.76. The fourth-order valence-electron chi connectivity index (χ4n) is 2.36. The van der Waals surface area contributed by atoms with E-state index in [4.69, 9.17) is 10.2 Å². The molecule has 104 valence electrons. The Balaban J connectivity index is 2.38. The second-order valence-electron chi connectivity index (χ2n) is 6.13. The molecule has 0 saturated carbocycles. The van der Waals surface area contributed by atoms with Crippen molar-refractivity contribution < 1.29 is 4.42 Å². The molecule has 0 aliphatic heterocycles. The van der Waals surface area contributed by atoms with Crippen molar-refractivity contribution in [3.05, 3.63) is 29.7 Å². The summed E-state index contributed by atoms with van der Waals surface area (Å²) >= 11 is 0. The maximum atomic E-state index is 6.17. The highest BCUT2D eigenvalue weighted by atomic mass is 16.3. The van der Waals surface area contributed by atoms with Crippen molar-refractivity contribution in [2.75, 3.05) is 14.1 Å². The van der Waals surface area contributed by atoms with Gasteiger partial charge in [0.25, 0.3) is 0 Å². The number of benzene rings is 1. The van der Waals surface area contributed by atoms with Crippen LogP contribution in [0.2, 0.25) is 0 Å². The molecule has 0 radical (unpaired) electrons. The number of hydrogen-bond donors (Lipinski definition) is 1. The maximum absolute atomic E-state index is 6.17. The second kappa shape index (κ2) is 4.94. The van der Waals surface area contributed by atoms with Crippen LogP contribution in [0.3, 0.4) is 0 Å². The average Bonchev–Trinajstić information content (AvgIpc) is 2.63. The summed E-state index contributed by atoms with van der Waals surface area (Å²) in [5.41, 5.74) is 8.94. The van der Waals surface area contributed by atoms with E-state index >= 15 is 0 Å². The highest BCUT2D eigenvalue weighted by Crippen LogP contribution is 2.29. The summed E-state index contributed by atoms with van der Waals surface area (Å²) in [6.45, 7) is 5.98. The van der Waals surface area contributed by atoms with Crippen LogP contribution in [0.4, 0.5) is 0 Å². The van der Waals surface area contributed by atoms with Gasteiger partial charge < -0.3 is 15.1 Å². The fourth-order valence-corrected chi connectivity index (χ4v) is 2.36. The minimum atomic E-state index is -0.205. The molecule has 4 nitrogen and oxygen atoms in total. The molecule has 1 aromatic carbocycles. The van der Waals surface area contributed by atoms with Gasteiger partial charge in [-0.25, -0.2) is 4.98 Å². The number of rotatable bonds is 4. The van der Waals surface area contributed by atoms with E-state index in [1.165, 1.54) is 5.56 Å². The van der Waals surface area contributed by atoms with Gasteiger partial charge in [-0.05, 0) is 52.1 Å². The van der Waals surface area contributed by atoms with Gasteiger partial charge in [-0.3, -0.25) is 0 Å². The molecule has 2 aromatic rings. The van der Waals surface area contributed by atoms with Crippen molar-refractivity contribution in [2.45, 2.75) is 38.8 Å². The predicted octanol–water partition coefficient (Wildman–Crippen LogP) is 2.87. The molecule has 0 spiro atoms. The van der Waals surface area contributed by atoms with E-state index < -0.39 is 0 Å². The number of nitrogens with zero attached hydrogens (tertiary/aromatic N) is 2. The summed E-state index contributed by atoms with van der Waals surface area (Å²) in [7, 11) is 4.16. The zero-order valence-electron chi connectivity index (χ0n) is 12.4. The van der Waals surface area contributed by atoms with Crippen molar-refractivity contribution in [3.8, 4) is 0 Å². The van der Waals surface area contributed by atoms with Gasteiger partial charge in [0.15, 0.2) is 11.5 Å². The number of nitrogens with two attached hydrogens (primary N) is 1. The molecule has 0 aliphatic carbocycles. The minimum absolute atomic E-state index is 0.205. The first-order valence-electron chi connectivity index (χ1n) is 6.59. The van der Waals surface area contributed by atoms with Crippen molar-refractivity contribution in [1.82, 2.24) is 9.88 Å². The molecule has 0 fully saturated rings. The lowest BCUT2D eigenvalue weighted by atomic mass is 9.91. The lowest BCUT2D eigenvalue weighted by Gasteiger charge is -2.31. The largest absolute Gasteiger partial charge is 0.441 e. The van der Waals surface area contributed by atoms with Crippen LogP contribution in [0.15, 0.2) is 22.6 Å². The number of aryl methyl sites for hydroxylation is 1. The molecule has 0 amide bonds. The van der Waals surface area contributed by atoms with Crippen molar-refractivity contribution >= 4 is 11.1 Å². The van der Waals surface area contributed by atoms with Gasteiger partial charge in [-0.1, -0.05) is 6.07 Å². The number of hydrogen-bond acceptors (Lipinski definition) is 4. The predicted molar refractivity (Wildman–Crippen MR) is 78.1 cm³/mol. The molecule has 0 aliphatic rings. The maximum Gasteiger partial charge on any atom is 0.192 e. The molecule has 1 heterocycles. The Morgan fingerprint density at radius 3 is 2.63 bits per heavy atom. The lowest BCUT2D eigenvalue weighted by molar-refractivity contribution is 0.243. The Morgan fingerprint density at radius 1 is 1.37 bits per heavy atom. The molecule has 1 unspecified atom stereocenters. The van der Waals surface area contributed by atoms with Gasteiger partial charge in [-0.2, -0.15) is 0 Å². The van der Waals surface area contributed by atoms with Gasteiger partial charge in [0, 0.05) is 18.5 Å². The molecule has 0 saturated heterocycles. The molecule has 1 aromatic heterocycles. The Bertz CT molecular complexity index is 566. The Morgan fingerprint density at radius 2 is 2.05 bits per heavy atom. The van der Waals surface area contributed by atoms with Crippen molar-refractivity contribution in [2.24, 2.45) is 5.73 Å². The third-order valence-corrected chi connectivity index (χ3v) is 3.25. The average molecular weight is 261 g/mol. The van der Waals surface area contributed by atoms with E-state index in [0.29, 0.717) is 5.89 Å². The van der Waals surface area contributed by atoms with Crippen LogP contribution in [0.1, 0.15) is 37.8 Å². The molecule has 0 bridgehead atoms. The van der Waals surface area contributed by atoms with E-state index in [1.807, 2.05) is 13.0 Å². The smallest absolute Gasteiger partial charge is 0.192 e. The van der Waals surface area contributed by atoms with Crippen molar-refractivity contribution in [3.63, 3.8) is 0 Å². The standard InChI is InChI=1S/C15H23N3O/c1-10-17-12-8-11(6-7-14(12)19-10)13(18(4)5)9-15(2,3)16/h6-8,13H,9,16H2,1-5H3. The van der Waals surface area contributed by atoms with E-state index in [-0.39, 0.29) is 11.6 Å². The quantitative estimate of drug-likeness (QED) is 0.919. The monoisotopic (exact) mass is 261 g/mol. The third-order valence-electron chi connectivity index (χ3n) is 3.25. The third kappa shape index (κ3) is 3.33. The van der Waals surface area contributed by atoms with Gasteiger partial charge in [0.1, 0.15) is 5.52 Å². The fraction of sp³-hybridized carbons (Fsp3) is 0.533. The summed E-state index contributed by atoms with van der Waals surface area (Å²) in [5, 5.41) is 0. The molecule has 19 heavy (non-hydrogen) atoms. The highest BCUT2D eigenvalue weighted by molar-refractivity contribution is 5.73. The summed E-state index contributed by atoms with van der Waals surface area (Å²) in [4.78, 5) is 6.59. The van der Waals surface area contributed by atoms with Gasteiger partial charge in [0.05, 0.1) is 0 Å². The normalized spacial score (nSPS) is 14.3. The van der Waals surface area contributed by atoms with E-state index in [9.17, 15) is 0 Å². The summed E-state index contributed by atoms with van der Waals surface area (Å²) < 4.78 is 5.51. The zero-order chi connectivity index (χ0) is 14.2. The number of fused-ring (bicyclic) bond motifs is 1. The highest BCUT2D eigenvalue weighted by Gasteiger charge is 2.23. The van der Waals surface area contributed by atoms with Crippen LogP contribution >= 0.6 is 0 Å². The summed E-state index contributed by atoms with van der Waals surface area (Å²) in [6, 6.07) is 6.47. The Labute approximate surface area is 114 Å². The van der Waals surface area contributed by atoms with Gasteiger partial charge in [0.2, 0.25) is 0 Å². The molecule has 4 heteroatoms. The van der Waals surface area contributed by atoms with Crippen LogP contribution in [-0.2, 0) is 0 Å². The van der Waals surface area contributed by atoms with Crippen LogP contribution < -0.4 is 5.73 Å². The van der Waals surface area contributed by atoms with Crippen LogP contribution in [0.5, 0.6) is 0 Å². The van der Waals surface area contributed by atoms with Gasteiger partial charge in [-0.15, -0.1) is 0 Å². The second-order valence-corrected chi connectivity index (χ2v) is 6.13. The van der Waals surface area contributed by atoms with Crippen molar-refractivity contribution in [1.29, 1.82) is 0 Å². The van der Waals surface area contributed by atoms with Crippen LogP contribution in [0.25, 0.3) is 11.1 Å².